The van der Waals surface area contributed by atoms with Crippen LogP contribution >= 0.6 is 11.6 Å². The summed E-state index contributed by atoms with van der Waals surface area (Å²) in [7, 11) is 0. The molecule has 3 heterocycles. The molecule has 2 aliphatic rings. The van der Waals surface area contributed by atoms with E-state index in [2.05, 4.69) is 31.1 Å². The van der Waals surface area contributed by atoms with Gasteiger partial charge in [-0.3, -0.25) is 9.69 Å². The molecule has 0 bridgehead atoms. The normalized spacial score (nSPS) is 25.7. The third-order valence-corrected chi connectivity index (χ3v) is 7.11. The van der Waals surface area contributed by atoms with Gasteiger partial charge in [-0.05, 0) is 49.1 Å². The summed E-state index contributed by atoms with van der Waals surface area (Å²) in [6.45, 7) is 6.99. The molecular weight excluding hydrogens is 376 g/mol. The fourth-order valence-corrected chi connectivity index (χ4v) is 4.76. The number of urea groups is 1. The molecule has 1 N–H and O–H groups in total. The topological polar surface area (TPSA) is 66.7 Å². The van der Waals surface area contributed by atoms with Gasteiger partial charge in [-0.15, -0.1) is 0 Å². The number of rotatable bonds is 4. The summed E-state index contributed by atoms with van der Waals surface area (Å²) in [5, 5.41) is 3.61. The Bertz CT molecular complexity index is 928. The quantitative estimate of drug-likeness (QED) is 0.770. The van der Waals surface area contributed by atoms with Crippen LogP contribution in [0.4, 0.5) is 4.79 Å². The van der Waals surface area contributed by atoms with Gasteiger partial charge in [0.15, 0.2) is 0 Å². The number of nitrogens with one attached hydrogen (secondary N) is 1. The molecule has 1 saturated heterocycles. The highest BCUT2D eigenvalue weighted by molar-refractivity contribution is 6.30. The Labute approximate surface area is 170 Å². The molecule has 6 nitrogen and oxygen atoms in total. The molecule has 1 spiro atoms. The minimum Gasteiger partial charge on any atom is -0.323 e. The predicted octanol–water partition coefficient (Wildman–Crippen LogP) is 4.40. The van der Waals surface area contributed by atoms with Crippen LogP contribution in [0, 0.1) is 11.3 Å². The highest BCUT2D eigenvalue weighted by Crippen LogP contribution is 2.45. The molecule has 1 aliphatic carbocycles. The van der Waals surface area contributed by atoms with Crippen molar-refractivity contribution in [2.45, 2.75) is 65.0 Å². The molecule has 0 atom stereocenters. The first kappa shape index (κ1) is 19.2. The van der Waals surface area contributed by atoms with Crippen LogP contribution < -0.4 is 5.32 Å². The van der Waals surface area contributed by atoms with Gasteiger partial charge < -0.3 is 9.72 Å². The summed E-state index contributed by atoms with van der Waals surface area (Å²) in [6.07, 6.45) is 8.05. The second-order valence-corrected chi connectivity index (χ2v) is 9.30. The number of carbonyl (C=O) groups excluding carboxylic acids is 2. The van der Waals surface area contributed by atoms with Crippen molar-refractivity contribution in [2.24, 2.45) is 11.3 Å². The van der Waals surface area contributed by atoms with Gasteiger partial charge in [-0.2, -0.15) is 0 Å². The SMILES string of the molecule is CCC(C)(C)C1CCC2(CC1)NC(=O)N(Cc1cn3cc(Cl)ccc3n1)C2=O. The van der Waals surface area contributed by atoms with Gasteiger partial charge >= 0.3 is 6.03 Å². The van der Waals surface area contributed by atoms with Crippen molar-refractivity contribution >= 4 is 29.2 Å². The minimum absolute atomic E-state index is 0.111. The molecule has 2 fully saturated rings. The molecule has 3 amide bonds. The van der Waals surface area contributed by atoms with Gasteiger partial charge in [0.25, 0.3) is 5.91 Å². The summed E-state index contributed by atoms with van der Waals surface area (Å²) in [5.41, 5.74) is 0.942. The number of imidazole rings is 1. The first-order chi connectivity index (χ1) is 13.2. The van der Waals surface area contributed by atoms with Gasteiger partial charge in [0.1, 0.15) is 11.2 Å². The van der Waals surface area contributed by atoms with E-state index >= 15 is 0 Å². The number of carbonyl (C=O) groups is 2. The molecule has 0 unspecified atom stereocenters. The standard InChI is InChI=1S/C21H27ClN4O2/c1-4-20(2,3)14-7-9-21(10-8-14)18(27)26(19(28)24-21)13-16-12-25-11-15(22)5-6-17(25)23-16/h5-6,11-12,14H,4,7-10,13H2,1-3H3,(H,24,28). The second kappa shape index (κ2) is 6.76. The summed E-state index contributed by atoms with van der Waals surface area (Å²) in [6, 6.07) is 3.27. The molecule has 2 aromatic heterocycles. The Hall–Kier alpha value is -2.08. The Morgan fingerprint density at radius 1 is 1.25 bits per heavy atom. The van der Waals surface area contributed by atoms with Crippen LogP contribution in [0.2, 0.25) is 5.02 Å². The van der Waals surface area contributed by atoms with Crippen LogP contribution in [0.5, 0.6) is 0 Å². The van der Waals surface area contributed by atoms with Crippen LogP contribution in [-0.4, -0.2) is 31.8 Å². The number of pyridine rings is 1. The number of aromatic nitrogens is 2. The van der Waals surface area contributed by atoms with Gasteiger partial charge in [0.05, 0.1) is 17.3 Å². The first-order valence-electron chi connectivity index (χ1n) is 10.0. The lowest BCUT2D eigenvalue weighted by molar-refractivity contribution is -0.133. The van der Waals surface area contributed by atoms with E-state index in [1.807, 2.05) is 16.7 Å². The third kappa shape index (κ3) is 3.17. The number of fused-ring (bicyclic) bond motifs is 1. The van der Waals surface area contributed by atoms with Gasteiger partial charge in [0.2, 0.25) is 0 Å². The van der Waals surface area contributed by atoms with Gasteiger partial charge in [-0.25, -0.2) is 9.78 Å². The molecule has 2 aromatic rings. The number of nitrogens with zero attached hydrogens (tertiary/aromatic N) is 3. The predicted molar refractivity (Wildman–Crippen MR) is 108 cm³/mol. The Morgan fingerprint density at radius 2 is 1.96 bits per heavy atom. The van der Waals surface area contributed by atoms with E-state index in [1.54, 1.807) is 12.3 Å². The zero-order valence-corrected chi connectivity index (χ0v) is 17.4. The van der Waals surface area contributed by atoms with Crippen LogP contribution in [0.1, 0.15) is 58.6 Å². The van der Waals surface area contributed by atoms with Crippen molar-refractivity contribution in [3.63, 3.8) is 0 Å². The van der Waals surface area contributed by atoms with E-state index in [-0.39, 0.29) is 23.9 Å². The van der Waals surface area contributed by atoms with E-state index in [0.29, 0.717) is 29.5 Å². The number of imide groups is 1. The van der Waals surface area contributed by atoms with Crippen molar-refractivity contribution in [2.75, 3.05) is 0 Å². The molecule has 1 aliphatic heterocycles. The summed E-state index contributed by atoms with van der Waals surface area (Å²) in [4.78, 5) is 31.6. The van der Waals surface area contributed by atoms with Crippen LogP contribution in [0.3, 0.4) is 0 Å². The van der Waals surface area contributed by atoms with E-state index in [4.69, 9.17) is 11.6 Å². The summed E-state index contributed by atoms with van der Waals surface area (Å²) < 4.78 is 1.81. The first-order valence-corrected chi connectivity index (χ1v) is 10.4. The van der Waals surface area contributed by atoms with Crippen LogP contribution in [0.25, 0.3) is 5.65 Å². The number of halogens is 1. The molecule has 150 valence electrons. The highest BCUT2D eigenvalue weighted by Gasteiger charge is 2.53. The Balaban J connectivity index is 1.50. The molecule has 7 heteroatoms. The zero-order valence-electron chi connectivity index (χ0n) is 16.7. The smallest absolute Gasteiger partial charge is 0.323 e. The summed E-state index contributed by atoms with van der Waals surface area (Å²) in [5.74, 6) is 0.477. The average Bonchev–Trinajstić information content (AvgIpc) is 3.16. The molecular formula is C21H27ClN4O2. The maximum Gasteiger partial charge on any atom is 0.325 e. The molecule has 0 radical (unpaired) electrons. The number of hydrogen-bond donors (Lipinski definition) is 1. The lowest BCUT2D eigenvalue weighted by atomic mass is 9.65. The maximum atomic E-state index is 13.2. The van der Waals surface area contributed by atoms with E-state index in [1.165, 1.54) is 4.90 Å². The van der Waals surface area contributed by atoms with Crippen molar-refractivity contribution in [3.8, 4) is 0 Å². The largest absolute Gasteiger partial charge is 0.325 e. The summed E-state index contributed by atoms with van der Waals surface area (Å²) >= 11 is 6.02. The third-order valence-electron chi connectivity index (χ3n) is 6.89. The van der Waals surface area contributed by atoms with Crippen molar-refractivity contribution < 1.29 is 9.59 Å². The average molecular weight is 403 g/mol. The second-order valence-electron chi connectivity index (χ2n) is 8.86. The van der Waals surface area contributed by atoms with E-state index in [0.717, 1.165) is 24.9 Å². The number of hydrogen-bond acceptors (Lipinski definition) is 3. The monoisotopic (exact) mass is 402 g/mol. The van der Waals surface area contributed by atoms with Crippen LogP contribution in [0.15, 0.2) is 24.5 Å². The molecule has 0 aromatic carbocycles. The highest BCUT2D eigenvalue weighted by atomic mass is 35.5. The fraction of sp³-hybridized carbons (Fsp3) is 0.571. The minimum atomic E-state index is -0.736. The van der Waals surface area contributed by atoms with E-state index in [9.17, 15) is 9.59 Å². The molecule has 28 heavy (non-hydrogen) atoms. The van der Waals surface area contributed by atoms with E-state index < -0.39 is 5.54 Å². The number of amides is 3. The lowest BCUT2D eigenvalue weighted by Crippen LogP contribution is -2.50. The van der Waals surface area contributed by atoms with Crippen molar-refractivity contribution in [1.29, 1.82) is 0 Å². The van der Waals surface area contributed by atoms with Crippen molar-refractivity contribution in [3.05, 3.63) is 35.2 Å². The molecule has 1 saturated carbocycles. The fourth-order valence-electron chi connectivity index (χ4n) is 4.59. The van der Waals surface area contributed by atoms with Gasteiger partial charge in [0, 0.05) is 12.4 Å². The molecule has 4 rings (SSSR count). The lowest BCUT2D eigenvalue weighted by Gasteiger charge is -2.42. The van der Waals surface area contributed by atoms with Crippen LogP contribution in [-0.2, 0) is 11.3 Å². The maximum absolute atomic E-state index is 13.2. The Morgan fingerprint density at radius 3 is 2.64 bits per heavy atom. The zero-order chi connectivity index (χ0) is 20.1. The Kier molecular flexibility index (Phi) is 4.65. The van der Waals surface area contributed by atoms with Gasteiger partial charge in [-0.1, -0.05) is 38.8 Å². The van der Waals surface area contributed by atoms with Crippen molar-refractivity contribution in [1.82, 2.24) is 19.6 Å².